The van der Waals surface area contributed by atoms with Crippen LogP contribution < -0.4 is 11.5 Å². The first-order valence-electron chi connectivity index (χ1n) is 6.20. The number of guanidine groups is 2. The average Bonchev–Trinajstić information content (AvgIpc) is 2.38. The summed E-state index contributed by atoms with van der Waals surface area (Å²) in [5, 5.41) is 7.51. The lowest BCUT2D eigenvalue weighted by Crippen LogP contribution is -2.46. The molecule has 0 aliphatic rings. The molecule has 0 atom stereocenters. The first-order chi connectivity index (χ1) is 9.04. The van der Waals surface area contributed by atoms with Crippen molar-refractivity contribution in [2.75, 3.05) is 6.54 Å². The van der Waals surface area contributed by atoms with E-state index < -0.39 is 0 Å². The summed E-state index contributed by atoms with van der Waals surface area (Å²) in [4.78, 5) is 5.81. The molecule has 19 heavy (non-hydrogen) atoms. The summed E-state index contributed by atoms with van der Waals surface area (Å²) in [6.07, 6.45) is 1.94. The highest BCUT2D eigenvalue weighted by molar-refractivity contribution is 9.10. The van der Waals surface area contributed by atoms with Crippen molar-refractivity contribution in [2.45, 2.75) is 26.3 Å². The van der Waals surface area contributed by atoms with E-state index in [0.717, 1.165) is 22.9 Å². The van der Waals surface area contributed by atoms with Crippen molar-refractivity contribution < 1.29 is 0 Å². The van der Waals surface area contributed by atoms with Gasteiger partial charge in [0.25, 0.3) is 0 Å². The highest BCUT2D eigenvalue weighted by Gasteiger charge is 2.09. The van der Waals surface area contributed by atoms with Gasteiger partial charge in [-0.05, 0) is 24.1 Å². The van der Waals surface area contributed by atoms with Crippen LogP contribution in [-0.2, 0) is 6.54 Å². The van der Waals surface area contributed by atoms with Crippen LogP contribution in [0.1, 0.15) is 25.3 Å². The molecule has 0 fully saturated rings. The minimum Gasteiger partial charge on any atom is -0.370 e. The van der Waals surface area contributed by atoms with Crippen LogP contribution in [0.2, 0.25) is 0 Å². The minimum absolute atomic E-state index is 0.0643. The van der Waals surface area contributed by atoms with Gasteiger partial charge >= 0.3 is 0 Å². The summed E-state index contributed by atoms with van der Waals surface area (Å²) in [6, 6.07) is 7.87. The van der Waals surface area contributed by atoms with Gasteiger partial charge in [0.2, 0.25) is 0 Å². The van der Waals surface area contributed by atoms with E-state index in [0.29, 0.717) is 19.0 Å². The number of rotatable bonds is 5. The number of nitrogens with two attached hydrogens (primary N) is 2. The Balaban J connectivity index is 2.67. The molecule has 0 radical (unpaired) electrons. The van der Waals surface area contributed by atoms with E-state index in [9.17, 15) is 0 Å². The van der Waals surface area contributed by atoms with Gasteiger partial charge in [0.1, 0.15) is 0 Å². The van der Waals surface area contributed by atoms with Crippen LogP contribution in [0.25, 0.3) is 0 Å². The maximum absolute atomic E-state index is 7.51. The van der Waals surface area contributed by atoms with Crippen LogP contribution in [0.5, 0.6) is 0 Å². The number of benzene rings is 1. The van der Waals surface area contributed by atoms with E-state index in [4.69, 9.17) is 16.9 Å². The molecule has 0 aromatic heterocycles. The third kappa shape index (κ3) is 5.30. The SMILES string of the molecule is CCCCN(C(=N)N)C(N)=NCc1ccc(Br)cc1. The molecule has 0 amide bonds. The number of nitrogens with one attached hydrogen (secondary N) is 1. The monoisotopic (exact) mass is 325 g/mol. The Morgan fingerprint density at radius 1 is 1.32 bits per heavy atom. The van der Waals surface area contributed by atoms with Gasteiger partial charge in [-0.1, -0.05) is 41.4 Å². The molecule has 0 heterocycles. The highest BCUT2D eigenvalue weighted by Crippen LogP contribution is 2.11. The molecular weight excluding hydrogens is 306 g/mol. The number of unbranched alkanes of at least 4 members (excludes halogenated alkanes) is 1. The van der Waals surface area contributed by atoms with Crippen molar-refractivity contribution in [2.24, 2.45) is 16.5 Å². The lowest BCUT2D eigenvalue weighted by atomic mass is 10.2. The quantitative estimate of drug-likeness (QED) is 0.572. The second-order valence-corrected chi connectivity index (χ2v) is 5.11. The smallest absolute Gasteiger partial charge is 0.198 e. The Morgan fingerprint density at radius 2 is 1.95 bits per heavy atom. The number of hydrogen-bond acceptors (Lipinski definition) is 2. The molecule has 5 nitrogen and oxygen atoms in total. The van der Waals surface area contributed by atoms with E-state index >= 15 is 0 Å². The summed E-state index contributed by atoms with van der Waals surface area (Å²) >= 11 is 3.38. The predicted octanol–water partition coefficient (Wildman–Crippen LogP) is 2.26. The van der Waals surface area contributed by atoms with Crippen LogP contribution in [0, 0.1) is 5.41 Å². The maximum atomic E-state index is 7.51. The normalized spacial score (nSPS) is 11.4. The highest BCUT2D eigenvalue weighted by atomic mass is 79.9. The van der Waals surface area contributed by atoms with Crippen LogP contribution in [0.4, 0.5) is 0 Å². The Labute approximate surface area is 122 Å². The van der Waals surface area contributed by atoms with Crippen molar-refractivity contribution in [1.29, 1.82) is 5.41 Å². The summed E-state index contributed by atoms with van der Waals surface area (Å²) in [7, 11) is 0. The van der Waals surface area contributed by atoms with Gasteiger partial charge in [0.05, 0.1) is 6.54 Å². The summed E-state index contributed by atoms with van der Waals surface area (Å²) < 4.78 is 1.03. The molecular formula is C13H20BrN5. The van der Waals surface area contributed by atoms with Crippen molar-refractivity contribution in [3.8, 4) is 0 Å². The largest absolute Gasteiger partial charge is 0.370 e. The molecule has 0 aliphatic carbocycles. The molecule has 6 heteroatoms. The van der Waals surface area contributed by atoms with Crippen molar-refractivity contribution in [3.63, 3.8) is 0 Å². The van der Waals surface area contributed by atoms with Crippen LogP contribution in [0.3, 0.4) is 0 Å². The van der Waals surface area contributed by atoms with Gasteiger partial charge in [-0.3, -0.25) is 10.3 Å². The number of aliphatic imine (C=N–C) groups is 1. The van der Waals surface area contributed by atoms with Gasteiger partial charge in [-0.25, -0.2) is 4.99 Å². The third-order valence-corrected chi connectivity index (χ3v) is 3.17. The van der Waals surface area contributed by atoms with E-state index in [-0.39, 0.29) is 5.96 Å². The van der Waals surface area contributed by atoms with Gasteiger partial charge < -0.3 is 11.5 Å². The summed E-state index contributed by atoms with van der Waals surface area (Å²) in [5.74, 6) is 0.231. The number of halogens is 1. The summed E-state index contributed by atoms with van der Waals surface area (Å²) in [6.45, 7) is 3.18. The predicted molar refractivity (Wildman–Crippen MR) is 83.0 cm³/mol. The third-order valence-electron chi connectivity index (χ3n) is 2.64. The van der Waals surface area contributed by atoms with Gasteiger partial charge in [-0.15, -0.1) is 0 Å². The van der Waals surface area contributed by atoms with Crippen molar-refractivity contribution >= 4 is 27.8 Å². The Morgan fingerprint density at radius 3 is 2.47 bits per heavy atom. The zero-order chi connectivity index (χ0) is 14.3. The number of hydrogen-bond donors (Lipinski definition) is 3. The molecule has 1 aromatic carbocycles. The van der Waals surface area contributed by atoms with Crippen LogP contribution in [0.15, 0.2) is 33.7 Å². The summed E-state index contributed by atoms with van der Waals surface area (Å²) in [5.41, 5.74) is 12.5. The molecule has 104 valence electrons. The lowest BCUT2D eigenvalue weighted by Gasteiger charge is -2.21. The lowest BCUT2D eigenvalue weighted by molar-refractivity contribution is 0.552. The van der Waals surface area contributed by atoms with Crippen molar-refractivity contribution in [1.82, 2.24) is 4.90 Å². The fraction of sp³-hybridized carbons (Fsp3) is 0.385. The molecule has 1 rings (SSSR count). The molecule has 0 saturated carbocycles. The molecule has 0 spiro atoms. The van der Waals surface area contributed by atoms with E-state index in [1.165, 1.54) is 4.90 Å². The Bertz CT molecular complexity index is 441. The minimum atomic E-state index is -0.0643. The zero-order valence-electron chi connectivity index (χ0n) is 11.1. The molecule has 0 bridgehead atoms. The van der Waals surface area contributed by atoms with E-state index in [2.05, 4.69) is 27.8 Å². The van der Waals surface area contributed by atoms with Crippen LogP contribution in [-0.4, -0.2) is 23.4 Å². The fourth-order valence-electron chi connectivity index (χ4n) is 1.52. The molecule has 1 aromatic rings. The number of nitrogens with zero attached hydrogens (tertiary/aromatic N) is 2. The maximum Gasteiger partial charge on any atom is 0.198 e. The topological polar surface area (TPSA) is 91.5 Å². The van der Waals surface area contributed by atoms with Crippen LogP contribution >= 0.6 is 15.9 Å². The Kier molecular flexibility index (Phi) is 6.35. The molecule has 0 unspecified atom stereocenters. The first-order valence-corrected chi connectivity index (χ1v) is 6.99. The standard InChI is InChI=1S/C13H20BrN5/c1-2-3-8-19(12(15)16)13(17)18-9-10-4-6-11(14)7-5-10/h4-7H,2-3,8-9H2,1H3,(H3,15,16)(H2,17,18). The molecule has 0 aliphatic heterocycles. The molecule has 5 N–H and O–H groups in total. The van der Waals surface area contributed by atoms with E-state index in [1.54, 1.807) is 0 Å². The van der Waals surface area contributed by atoms with Crippen molar-refractivity contribution in [3.05, 3.63) is 34.3 Å². The zero-order valence-corrected chi connectivity index (χ0v) is 12.7. The second kappa shape index (κ2) is 7.78. The first kappa shape index (κ1) is 15.5. The fourth-order valence-corrected chi connectivity index (χ4v) is 1.79. The van der Waals surface area contributed by atoms with Gasteiger partial charge in [-0.2, -0.15) is 0 Å². The molecule has 0 saturated heterocycles. The van der Waals surface area contributed by atoms with Gasteiger partial charge in [0.15, 0.2) is 11.9 Å². The Hall–Kier alpha value is -1.56. The second-order valence-electron chi connectivity index (χ2n) is 4.19. The van der Waals surface area contributed by atoms with Gasteiger partial charge in [0, 0.05) is 11.0 Å². The average molecular weight is 326 g/mol. The van der Waals surface area contributed by atoms with E-state index in [1.807, 2.05) is 24.3 Å².